The number of carbonyl (C=O) groups excluding carboxylic acids is 1. The van der Waals surface area contributed by atoms with Gasteiger partial charge in [0.25, 0.3) is 11.6 Å². The molecule has 1 amide bonds. The fraction of sp³-hybridized carbons (Fsp3) is 0.462. The molecule has 1 aliphatic rings. The van der Waals surface area contributed by atoms with Gasteiger partial charge < -0.3 is 15.3 Å². The minimum atomic E-state index is -0.526. The van der Waals surface area contributed by atoms with Gasteiger partial charge >= 0.3 is 0 Å². The third-order valence-corrected chi connectivity index (χ3v) is 3.40. The summed E-state index contributed by atoms with van der Waals surface area (Å²) in [6, 6.07) is 4.33. The minimum Gasteiger partial charge on any atom is -0.394 e. The van der Waals surface area contributed by atoms with Crippen LogP contribution in [0.25, 0.3) is 0 Å². The Morgan fingerprint density at radius 3 is 2.60 bits per heavy atom. The fourth-order valence-corrected chi connectivity index (χ4v) is 1.94. The van der Waals surface area contributed by atoms with Gasteiger partial charge in [0.05, 0.1) is 17.1 Å². The molecule has 0 aliphatic heterocycles. The lowest BCUT2D eigenvalue weighted by atomic mass is 10.1. The van der Waals surface area contributed by atoms with Crippen LogP contribution < -0.4 is 5.32 Å². The maximum absolute atomic E-state index is 11.8. The van der Waals surface area contributed by atoms with Crippen molar-refractivity contribution >= 4 is 17.3 Å². The van der Waals surface area contributed by atoms with Gasteiger partial charge in [-0.2, -0.15) is 0 Å². The van der Waals surface area contributed by atoms with Crippen molar-refractivity contribution in [3.63, 3.8) is 0 Å². The Morgan fingerprint density at radius 1 is 1.50 bits per heavy atom. The van der Waals surface area contributed by atoms with Gasteiger partial charge in [0.1, 0.15) is 5.69 Å². The molecule has 0 bridgehead atoms. The van der Waals surface area contributed by atoms with Crippen LogP contribution in [0.1, 0.15) is 23.2 Å². The SMILES string of the molecule is CN(C)C(=O)c1ccc(NC2(CO)CC2)c([N+](=O)[O-])c1. The number of nitrogens with zero attached hydrogens (tertiary/aromatic N) is 2. The normalized spacial score (nSPS) is 15.6. The van der Waals surface area contributed by atoms with Crippen LogP contribution in [0.5, 0.6) is 0 Å². The van der Waals surface area contributed by atoms with Gasteiger partial charge in [-0.25, -0.2) is 0 Å². The Bertz CT molecular complexity index is 553. The molecule has 0 radical (unpaired) electrons. The second-order valence-corrected chi connectivity index (χ2v) is 5.25. The largest absolute Gasteiger partial charge is 0.394 e. The number of nitro benzene ring substituents is 1. The van der Waals surface area contributed by atoms with Crippen molar-refractivity contribution in [1.82, 2.24) is 4.90 Å². The lowest BCUT2D eigenvalue weighted by molar-refractivity contribution is -0.384. The number of aliphatic hydroxyl groups is 1. The number of carbonyl (C=O) groups is 1. The highest BCUT2D eigenvalue weighted by Crippen LogP contribution is 2.40. The molecular formula is C13H17N3O4. The summed E-state index contributed by atoms with van der Waals surface area (Å²) in [7, 11) is 3.18. The van der Waals surface area contributed by atoms with Crippen LogP contribution in [0.3, 0.4) is 0 Å². The summed E-state index contributed by atoms with van der Waals surface area (Å²) in [6.45, 7) is -0.0669. The molecule has 108 valence electrons. The Balaban J connectivity index is 2.34. The summed E-state index contributed by atoms with van der Waals surface area (Å²) in [5.74, 6) is -0.289. The van der Waals surface area contributed by atoms with E-state index in [2.05, 4.69) is 5.32 Å². The van der Waals surface area contributed by atoms with Crippen molar-refractivity contribution in [3.05, 3.63) is 33.9 Å². The summed E-state index contributed by atoms with van der Waals surface area (Å²) in [5, 5.41) is 23.4. The molecule has 0 atom stereocenters. The van der Waals surface area contributed by atoms with E-state index in [1.807, 2.05) is 0 Å². The zero-order valence-corrected chi connectivity index (χ0v) is 11.4. The molecule has 0 aromatic heterocycles. The van der Waals surface area contributed by atoms with E-state index < -0.39 is 10.5 Å². The zero-order chi connectivity index (χ0) is 14.9. The van der Waals surface area contributed by atoms with Crippen molar-refractivity contribution in [2.75, 3.05) is 26.0 Å². The van der Waals surface area contributed by atoms with E-state index in [-0.39, 0.29) is 23.8 Å². The van der Waals surface area contributed by atoms with Gasteiger partial charge in [0.2, 0.25) is 0 Å². The number of hydrogen-bond donors (Lipinski definition) is 2. The Labute approximate surface area is 116 Å². The highest BCUT2D eigenvalue weighted by molar-refractivity contribution is 5.95. The van der Waals surface area contributed by atoms with E-state index in [1.165, 1.54) is 17.0 Å². The van der Waals surface area contributed by atoms with Crippen LogP contribution in [0.15, 0.2) is 18.2 Å². The van der Waals surface area contributed by atoms with Gasteiger partial charge in [0.15, 0.2) is 0 Å². The number of hydrogen-bond acceptors (Lipinski definition) is 5. The summed E-state index contributed by atoms with van der Waals surface area (Å²) < 4.78 is 0. The molecule has 1 aromatic carbocycles. The highest BCUT2D eigenvalue weighted by Gasteiger charge is 2.43. The summed E-state index contributed by atoms with van der Waals surface area (Å²) in [6.07, 6.45) is 1.55. The van der Waals surface area contributed by atoms with Gasteiger partial charge in [-0.3, -0.25) is 14.9 Å². The van der Waals surface area contributed by atoms with Crippen LogP contribution in [0.2, 0.25) is 0 Å². The molecule has 1 fully saturated rings. The number of aliphatic hydroxyl groups excluding tert-OH is 1. The lowest BCUT2D eigenvalue weighted by Crippen LogP contribution is -2.26. The number of nitro groups is 1. The van der Waals surface area contributed by atoms with Crippen LogP contribution >= 0.6 is 0 Å². The van der Waals surface area contributed by atoms with Gasteiger partial charge in [0, 0.05) is 25.7 Å². The van der Waals surface area contributed by atoms with Crippen molar-refractivity contribution < 1.29 is 14.8 Å². The van der Waals surface area contributed by atoms with Crippen LogP contribution in [0.4, 0.5) is 11.4 Å². The lowest BCUT2D eigenvalue weighted by Gasteiger charge is -2.16. The standard InChI is InChI=1S/C13H17N3O4/c1-15(2)12(18)9-3-4-10(11(7-9)16(19)20)14-13(8-17)5-6-13/h3-4,7,14,17H,5-6,8H2,1-2H3. The number of rotatable bonds is 5. The zero-order valence-electron chi connectivity index (χ0n) is 11.4. The quantitative estimate of drug-likeness (QED) is 0.624. The van der Waals surface area contributed by atoms with Crippen LogP contribution in [-0.2, 0) is 0 Å². The molecule has 0 saturated heterocycles. The molecule has 20 heavy (non-hydrogen) atoms. The van der Waals surface area contributed by atoms with Crippen molar-refractivity contribution in [3.8, 4) is 0 Å². The van der Waals surface area contributed by atoms with E-state index in [9.17, 15) is 20.0 Å². The smallest absolute Gasteiger partial charge is 0.293 e. The van der Waals surface area contributed by atoms with Crippen molar-refractivity contribution in [1.29, 1.82) is 0 Å². The van der Waals surface area contributed by atoms with Crippen LogP contribution in [0, 0.1) is 10.1 Å². The third kappa shape index (κ3) is 2.72. The second-order valence-electron chi connectivity index (χ2n) is 5.25. The van der Waals surface area contributed by atoms with E-state index in [0.717, 1.165) is 12.8 Å². The molecule has 7 heteroatoms. The molecule has 2 N–H and O–H groups in total. The van der Waals surface area contributed by atoms with E-state index >= 15 is 0 Å². The Kier molecular flexibility index (Phi) is 3.63. The minimum absolute atomic E-state index is 0.0669. The monoisotopic (exact) mass is 279 g/mol. The first-order chi connectivity index (χ1) is 9.38. The first-order valence-electron chi connectivity index (χ1n) is 6.28. The molecule has 0 unspecified atom stereocenters. The maximum atomic E-state index is 11.8. The number of amides is 1. The van der Waals surface area contributed by atoms with E-state index in [4.69, 9.17) is 0 Å². The second kappa shape index (κ2) is 5.09. The topological polar surface area (TPSA) is 95.7 Å². The molecule has 1 aromatic rings. The Morgan fingerprint density at radius 2 is 2.15 bits per heavy atom. The first-order valence-corrected chi connectivity index (χ1v) is 6.28. The third-order valence-electron chi connectivity index (χ3n) is 3.40. The maximum Gasteiger partial charge on any atom is 0.293 e. The number of benzene rings is 1. The number of anilines is 1. The summed E-state index contributed by atoms with van der Waals surface area (Å²) in [5.41, 5.74) is -0.00643. The molecule has 1 saturated carbocycles. The molecule has 7 nitrogen and oxygen atoms in total. The molecule has 1 aliphatic carbocycles. The van der Waals surface area contributed by atoms with Gasteiger partial charge in [-0.15, -0.1) is 0 Å². The summed E-state index contributed by atoms with van der Waals surface area (Å²) in [4.78, 5) is 23.8. The molecular weight excluding hydrogens is 262 g/mol. The summed E-state index contributed by atoms with van der Waals surface area (Å²) >= 11 is 0. The van der Waals surface area contributed by atoms with Crippen LogP contribution in [-0.4, -0.2) is 47.1 Å². The van der Waals surface area contributed by atoms with Gasteiger partial charge in [-0.1, -0.05) is 0 Å². The van der Waals surface area contributed by atoms with Crippen molar-refractivity contribution in [2.24, 2.45) is 0 Å². The average molecular weight is 279 g/mol. The van der Waals surface area contributed by atoms with E-state index in [0.29, 0.717) is 5.69 Å². The predicted molar refractivity (Wildman–Crippen MR) is 73.8 cm³/mol. The molecule has 2 rings (SSSR count). The highest BCUT2D eigenvalue weighted by atomic mass is 16.6. The predicted octanol–water partition coefficient (Wildman–Crippen LogP) is 1.23. The number of nitrogens with one attached hydrogen (secondary N) is 1. The first kappa shape index (κ1) is 14.3. The Hall–Kier alpha value is -2.15. The average Bonchev–Trinajstić information content (AvgIpc) is 3.18. The fourth-order valence-electron chi connectivity index (χ4n) is 1.94. The molecule has 0 heterocycles. The van der Waals surface area contributed by atoms with Crippen molar-refractivity contribution in [2.45, 2.75) is 18.4 Å². The van der Waals surface area contributed by atoms with Gasteiger partial charge in [-0.05, 0) is 25.0 Å². The molecule has 0 spiro atoms. The van der Waals surface area contributed by atoms with E-state index in [1.54, 1.807) is 20.2 Å².